The number of ether oxygens (including phenoxy) is 2. The summed E-state index contributed by atoms with van der Waals surface area (Å²) in [5, 5.41) is 1.22. The topological polar surface area (TPSA) is 54.9 Å². The van der Waals surface area contributed by atoms with Crippen molar-refractivity contribution < 1.29 is 14.3 Å². The number of fused-ring (bicyclic) bond motifs is 1. The lowest BCUT2D eigenvalue weighted by atomic mass is 10.3. The van der Waals surface area contributed by atoms with Crippen LogP contribution in [0, 0.1) is 0 Å². The number of rotatable bonds is 9. The van der Waals surface area contributed by atoms with E-state index in [-0.39, 0.29) is 18.3 Å². The van der Waals surface area contributed by atoms with Gasteiger partial charge in [0.25, 0.3) is 0 Å². The quantitative estimate of drug-likeness (QED) is 0.381. The number of carbonyl (C=O) groups excluding carboxylic acids is 1. The first-order valence-corrected chi connectivity index (χ1v) is 11.5. The molecule has 10 heteroatoms. The Balaban J connectivity index is 0.00000341. The van der Waals surface area contributed by atoms with Crippen molar-refractivity contribution in [1.29, 1.82) is 0 Å². The van der Waals surface area contributed by atoms with E-state index in [0.29, 0.717) is 33.7 Å². The van der Waals surface area contributed by atoms with Gasteiger partial charge in [-0.1, -0.05) is 22.9 Å². The van der Waals surface area contributed by atoms with Crippen molar-refractivity contribution in [3.8, 4) is 11.5 Å². The number of anilines is 1. The summed E-state index contributed by atoms with van der Waals surface area (Å²) in [6.45, 7) is 1.26. The second kappa shape index (κ2) is 11.8. The molecule has 1 heterocycles. The van der Waals surface area contributed by atoms with E-state index < -0.39 is 0 Å². The molecule has 0 atom stereocenters. The Labute approximate surface area is 201 Å². The van der Waals surface area contributed by atoms with Crippen LogP contribution >= 0.6 is 47.1 Å². The minimum absolute atomic E-state index is 0. The van der Waals surface area contributed by atoms with Crippen molar-refractivity contribution in [2.75, 3.05) is 52.1 Å². The summed E-state index contributed by atoms with van der Waals surface area (Å²) in [5.74, 6) is 1.73. The number of benzene rings is 2. The largest absolute Gasteiger partial charge is 0.497 e. The van der Waals surface area contributed by atoms with Crippen LogP contribution in [0.1, 0.15) is 0 Å². The maximum Gasteiger partial charge on any atom is 0.239 e. The maximum atomic E-state index is 13.1. The predicted octanol–water partition coefficient (Wildman–Crippen LogP) is 5.08. The average molecular weight is 502 g/mol. The van der Waals surface area contributed by atoms with Crippen LogP contribution in [0.25, 0.3) is 10.2 Å². The number of hydrogen-bond donors (Lipinski definition) is 0. The van der Waals surface area contributed by atoms with E-state index in [1.807, 2.05) is 43.3 Å². The zero-order chi connectivity index (χ0) is 21.7. The van der Waals surface area contributed by atoms with Crippen LogP contribution in [-0.2, 0) is 4.79 Å². The fourth-order valence-electron chi connectivity index (χ4n) is 2.74. The van der Waals surface area contributed by atoms with Gasteiger partial charge in [-0.2, -0.15) is 0 Å². The van der Waals surface area contributed by atoms with Crippen LogP contribution in [0.15, 0.2) is 41.3 Å². The van der Waals surface area contributed by atoms with Gasteiger partial charge < -0.3 is 14.4 Å². The monoisotopic (exact) mass is 501 g/mol. The van der Waals surface area contributed by atoms with Gasteiger partial charge in [-0.25, -0.2) is 4.98 Å². The molecule has 0 spiro atoms. The normalized spacial score (nSPS) is 10.8. The van der Waals surface area contributed by atoms with Crippen molar-refractivity contribution in [3.05, 3.63) is 41.4 Å². The number of nitrogens with zero attached hydrogens (tertiary/aromatic N) is 3. The number of hydrogen-bond acceptors (Lipinski definition) is 7. The highest BCUT2D eigenvalue weighted by atomic mass is 35.5. The van der Waals surface area contributed by atoms with Crippen LogP contribution in [0.5, 0.6) is 11.5 Å². The molecule has 1 aromatic heterocycles. The third-order valence-electron chi connectivity index (χ3n) is 4.39. The summed E-state index contributed by atoms with van der Waals surface area (Å²) in [6, 6.07) is 11.2. The highest BCUT2D eigenvalue weighted by Gasteiger charge is 2.22. The van der Waals surface area contributed by atoms with Crippen molar-refractivity contribution in [1.82, 2.24) is 9.88 Å². The van der Waals surface area contributed by atoms with E-state index in [1.165, 1.54) is 23.1 Å². The molecule has 0 saturated carbocycles. The molecule has 3 rings (SSSR count). The first kappa shape index (κ1) is 25.5. The molecule has 0 saturated heterocycles. The molecule has 3 aromatic rings. The zero-order valence-corrected chi connectivity index (χ0v) is 21.0. The number of likely N-dealkylation sites (N-methyl/N-ethyl adjacent to an activating group) is 1. The molecule has 0 unspecified atom stereocenters. The van der Waals surface area contributed by atoms with Crippen LogP contribution in [0.2, 0.25) is 5.02 Å². The van der Waals surface area contributed by atoms with Gasteiger partial charge in [0.05, 0.1) is 29.7 Å². The minimum atomic E-state index is -0.00758. The molecule has 0 aliphatic carbocycles. The van der Waals surface area contributed by atoms with E-state index in [2.05, 4.69) is 0 Å². The molecule has 1 amide bonds. The van der Waals surface area contributed by atoms with Crippen LogP contribution in [0.3, 0.4) is 0 Å². The van der Waals surface area contributed by atoms with Gasteiger partial charge in [0.15, 0.2) is 5.13 Å². The van der Waals surface area contributed by atoms with E-state index in [1.54, 1.807) is 31.3 Å². The Morgan fingerprint density at radius 2 is 1.81 bits per heavy atom. The lowest BCUT2D eigenvalue weighted by Crippen LogP contribution is -2.37. The van der Waals surface area contributed by atoms with Gasteiger partial charge in [-0.05, 0) is 50.5 Å². The van der Waals surface area contributed by atoms with Gasteiger partial charge in [0.2, 0.25) is 5.91 Å². The molecule has 2 aromatic carbocycles. The Hall–Kier alpha value is -1.71. The standard InChI is InChI=1S/C21H24ClN3O3S2.ClH/c1-24(2)11-12-25(18(26)13-29-15-7-5-14(27-3)6-8-15)21-23-19-17(28-4)10-9-16(22)20(19)30-21;/h5-10H,11-13H2,1-4H3;1H. The third kappa shape index (κ3) is 6.40. The summed E-state index contributed by atoms with van der Waals surface area (Å²) in [4.78, 5) is 22.6. The average Bonchev–Trinajstić information content (AvgIpc) is 3.19. The summed E-state index contributed by atoms with van der Waals surface area (Å²) in [6.07, 6.45) is 0. The van der Waals surface area contributed by atoms with E-state index in [4.69, 9.17) is 26.1 Å². The van der Waals surface area contributed by atoms with Gasteiger partial charge in [-0.3, -0.25) is 9.69 Å². The third-order valence-corrected chi connectivity index (χ3v) is 6.93. The Morgan fingerprint density at radius 1 is 1.10 bits per heavy atom. The Kier molecular flexibility index (Phi) is 9.71. The second-order valence-corrected chi connectivity index (χ2v) is 9.17. The zero-order valence-electron chi connectivity index (χ0n) is 17.8. The maximum absolute atomic E-state index is 13.1. The fourth-order valence-corrected chi connectivity index (χ4v) is 4.82. The summed E-state index contributed by atoms with van der Waals surface area (Å²) >= 11 is 9.26. The fraction of sp³-hybridized carbons (Fsp3) is 0.333. The number of amides is 1. The first-order valence-electron chi connectivity index (χ1n) is 9.28. The molecule has 0 aliphatic heterocycles. The number of carbonyl (C=O) groups is 1. The summed E-state index contributed by atoms with van der Waals surface area (Å²) in [5.41, 5.74) is 0.676. The van der Waals surface area contributed by atoms with E-state index in [0.717, 1.165) is 21.9 Å². The van der Waals surface area contributed by atoms with Crippen LogP contribution < -0.4 is 14.4 Å². The van der Waals surface area contributed by atoms with Gasteiger partial charge in [-0.15, -0.1) is 24.2 Å². The highest BCUT2D eigenvalue weighted by molar-refractivity contribution is 8.00. The minimum Gasteiger partial charge on any atom is -0.497 e. The molecule has 0 aliphatic rings. The molecule has 168 valence electrons. The smallest absolute Gasteiger partial charge is 0.239 e. The summed E-state index contributed by atoms with van der Waals surface area (Å²) < 4.78 is 11.4. The van der Waals surface area contributed by atoms with Gasteiger partial charge >= 0.3 is 0 Å². The summed E-state index contributed by atoms with van der Waals surface area (Å²) in [7, 11) is 7.19. The van der Waals surface area contributed by atoms with Crippen molar-refractivity contribution in [3.63, 3.8) is 0 Å². The van der Waals surface area contributed by atoms with Gasteiger partial charge in [0.1, 0.15) is 17.0 Å². The van der Waals surface area contributed by atoms with E-state index in [9.17, 15) is 4.79 Å². The lowest BCUT2D eigenvalue weighted by Gasteiger charge is -2.21. The SMILES string of the molecule is COc1ccc(SCC(=O)N(CCN(C)C)c2nc3c(OC)ccc(Cl)c3s2)cc1.Cl. The Morgan fingerprint density at radius 3 is 2.42 bits per heavy atom. The molecular formula is C21H25Cl2N3O3S2. The molecule has 31 heavy (non-hydrogen) atoms. The van der Waals surface area contributed by atoms with Crippen molar-refractivity contribution in [2.45, 2.75) is 4.90 Å². The van der Waals surface area contributed by atoms with Crippen LogP contribution in [0.4, 0.5) is 5.13 Å². The van der Waals surface area contributed by atoms with Crippen molar-refractivity contribution >= 4 is 68.4 Å². The van der Waals surface area contributed by atoms with Crippen molar-refractivity contribution in [2.24, 2.45) is 0 Å². The van der Waals surface area contributed by atoms with Crippen LogP contribution in [-0.4, -0.2) is 62.9 Å². The second-order valence-electron chi connectivity index (χ2n) is 6.74. The van der Waals surface area contributed by atoms with Gasteiger partial charge in [0, 0.05) is 18.0 Å². The Bertz CT molecular complexity index is 1010. The number of aromatic nitrogens is 1. The molecule has 0 radical (unpaired) electrons. The molecule has 0 bridgehead atoms. The molecule has 6 nitrogen and oxygen atoms in total. The van der Waals surface area contributed by atoms with E-state index >= 15 is 0 Å². The predicted molar refractivity (Wildman–Crippen MR) is 133 cm³/mol. The molecular weight excluding hydrogens is 477 g/mol. The lowest BCUT2D eigenvalue weighted by molar-refractivity contribution is -0.116. The highest BCUT2D eigenvalue weighted by Crippen LogP contribution is 2.39. The number of methoxy groups -OCH3 is 2. The number of halogens is 2. The number of thiazole rings is 1. The molecule has 0 N–H and O–H groups in total. The number of thioether (sulfide) groups is 1. The molecule has 0 fully saturated rings. The first-order chi connectivity index (χ1) is 14.4.